The average molecular weight is 487 g/mol. The number of aromatic nitrogens is 3. The molecule has 0 saturated carbocycles. The molecule has 0 aliphatic carbocycles. The van der Waals surface area contributed by atoms with Crippen LogP contribution in [0.25, 0.3) is 16.2 Å². The molecular weight excluding hydrogens is 464 g/mol. The number of carbonyl (C=O) groups is 1. The summed E-state index contributed by atoms with van der Waals surface area (Å²) in [7, 11) is 6.35. The lowest BCUT2D eigenvalue weighted by molar-refractivity contribution is -0.113. The van der Waals surface area contributed by atoms with Crippen molar-refractivity contribution in [3.8, 4) is 34.3 Å². The SMILES string of the molecule is COc1cc(NC(=O)CSc2nnc3scc(-c4cc(OC)ccc4OC)n23)cc(OC)c1. The molecule has 1 N–H and O–H groups in total. The number of thiazole rings is 1. The van der Waals surface area contributed by atoms with E-state index in [-0.39, 0.29) is 11.7 Å². The summed E-state index contributed by atoms with van der Waals surface area (Å²) < 4.78 is 23.3. The van der Waals surface area contributed by atoms with E-state index in [0.29, 0.717) is 33.8 Å². The quantitative estimate of drug-likeness (QED) is 0.351. The van der Waals surface area contributed by atoms with Gasteiger partial charge in [0.1, 0.15) is 23.0 Å². The number of benzene rings is 2. The fourth-order valence-electron chi connectivity index (χ4n) is 3.20. The van der Waals surface area contributed by atoms with Crippen molar-refractivity contribution in [1.29, 1.82) is 0 Å². The van der Waals surface area contributed by atoms with Crippen molar-refractivity contribution in [2.75, 3.05) is 39.5 Å². The number of amides is 1. The van der Waals surface area contributed by atoms with Gasteiger partial charge in [-0.25, -0.2) is 0 Å². The number of nitrogens with one attached hydrogen (secondary N) is 1. The Kier molecular flexibility index (Phi) is 6.90. The Balaban J connectivity index is 1.55. The molecule has 4 aromatic rings. The number of hydrogen-bond donors (Lipinski definition) is 1. The zero-order chi connectivity index (χ0) is 23.4. The van der Waals surface area contributed by atoms with Crippen molar-refractivity contribution < 1.29 is 23.7 Å². The lowest BCUT2D eigenvalue weighted by Gasteiger charge is -2.11. The van der Waals surface area contributed by atoms with Gasteiger partial charge in [-0.2, -0.15) is 0 Å². The monoisotopic (exact) mass is 486 g/mol. The molecule has 0 aliphatic heterocycles. The Morgan fingerprint density at radius 1 is 0.970 bits per heavy atom. The molecule has 0 fully saturated rings. The van der Waals surface area contributed by atoms with Crippen LogP contribution in [-0.2, 0) is 4.79 Å². The minimum Gasteiger partial charge on any atom is -0.497 e. The summed E-state index contributed by atoms with van der Waals surface area (Å²) in [4.78, 5) is 13.3. The minimum absolute atomic E-state index is 0.144. The van der Waals surface area contributed by atoms with E-state index in [2.05, 4.69) is 15.5 Å². The van der Waals surface area contributed by atoms with Gasteiger partial charge in [0.2, 0.25) is 10.9 Å². The van der Waals surface area contributed by atoms with Crippen LogP contribution < -0.4 is 24.3 Å². The number of fused-ring (bicyclic) bond motifs is 1. The highest BCUT2D eigenvalue weighted by Gasteiger charge is 2.18. The van der Waals surface area contributed by atoms with Gasteiger partial charge in [-0.05, 0) is 18.2 Å². The minimum atomic E-state index is -0.192. The fourth-order valence-corrected chi connectivity index (χ4v) is 4.83. The first-order valence-corrected chi connectivity index (χ1v) is 11.6. The third-order valence-corrected chi connectivity index (χ3v) is 6.52. The molecule has 2 aromatic carbocycles. The van der Waals surface area contributed by atoms with Gasteiger partial charge in [-0.1, -0.05) is 11.8 Å². The average Bonchev–Trinajstić information content (AvgIpc) is 3.44. The molecule has 1 amide bonds. The molecule has 0 unspecified atom stereocenters. The van der Waals surface area contributed by atoms with Crippen LogP contribution in [0, 0.1) is 0 Å². The predicted molar refractivity (Wildman–Crippen MR) is 128 cm³/mol. The van der Waals surface area contributed by atoms with Gasteiger partial charge in [0.25, 0.3) is 0 Å². The summed E-state index contributed by atoms with van der Waals surface area (Å²) in [5.74, 6) is 2.54. The lowest BCUT2D eigenvalue weighted by Crippen LogP contribution is -2.14. The second kappa shape index (κ2) is 10.0. The van der Waals surface area contributed by atoms with Crippen molar-refractivity contribution >= 4 is 39.7 Å². The van der Waals surface area contributed by atoms with E-state index < -0.39 is 0 Å². The third-order valence-electron chi connectivity index (χ3n) is 4.77. The van der Waals surface area contributed by atoms with Gasteiger partial charge in [-0.15, -0.1) is 21.5 Å². The van der Waals surface area contributed by atoms with E-state index in [1.165, 1.54) is 23.1 Å². The van der Waals surface area contributed by atoms with Crippen LogP contribution in [0.5, 0.6) is 23.0 Å². The summed E-state index contributed by atoms with van der Waals surface area (Å²) in [6.45, 7) is 0. The summed E-state index contributed by atoms with van der Waals surface area (Å²) in [5.41, 5.74) is 2.29. The van der Waals surface area contributed by atoms with Crippen molar-refractivity contribution in [1.82, 2.24) is 14.6 Å². The summed E-state index contributed by atoms with van der Waals surface area (Å²) in [5, 5.41) is 14.0. The standard InChI is InChI=1S/C22H22N4O5S2/c1-28-14-5-6-19(31-4)17(10-14)18-11-32-21-24-25-22(26(18)21)33-12-20(27)23-13-7-15(29-2)9-16(8-13)30-3/h5-11H,12H2,1-4H3,(H,23,27). The number of carbonyl (C=O) groups excluding carboxylic acids is 1. The molecule has 0 atom stereocenters. The molecule has 0 spiro atoms. The molecule has 172 valence electrons. The first-order valence-electron chi connectivity index (χ1n) is 9.77. The number of thioether (sulfide) groups is 1. The fraction of sp³-hybridized carbons (Fsp3) is 0.227. The van der Waals surface area contributed by atoms with Crippen LogP contribution >= 0.6 is 23.1 Å². The largest absolute Gasteiger partial charge is 0.497 e. The maximum atomic E-state index is 12.6. The molecule has 33 heavy (non-hydrogen) atoms. The van der Waals surface area contributed by atoms with Crippen LogP contribution in [0.1, 0.15) is 0 Å². The Labute approximate surface area is 198 Å². The van der Waals surface area contributed by atoms with Crippen LogP contribution in [-0.4, -0.2) is 54.7 Å². The highest BCUT2D eigenvalue weighted by atomic mass is 32.2. The Morgan fingerprint density at radius 2 is 1.70 bits per heavy atom. The maximum absolute atomic E-state index is 12.6. The summed E-state index contributed by atoms with van der Waals surface area (Å²) >= 11 is 2.75. The molecule has 0 aliphatic rings. The van der Waals surface area contributed by atoms with E-state index in [9.17, 15) is 4.79 Å². The first kappa shape index (κ1) is 22.7. The van der Waals surface area contributed by atoms with Crippen molar-refractivity contribution in [3.05, 3.63) is 41.8 Å². The first-order chi connectivity index (χ1) is 16.1. The molecule has 0 radical (unpaired) electrons. The molecule has 0 saturated heterocycles. The normalized spacial score (nSPS) is 10.8. The van der Waals surface area contributed by atoms with Gasteiger partial charge in [0, 0.05) is 34.8 Å². The number of ether oxygens (including phenoxy) is 4. The Morgan fingerprint density at radius 3 is 2.36 bits per heavy atom. The van der Waals surface area contributed by atoms with Crippen molar-refractivity contribution in [2.45, 2.75) is 5.16 Å². The molecular formula is C22H22N4O5S2. The van der Waals surface area contributed by atoms with E-state index >= 15 is 0 Å². The van der Waals surface area contributed by atoms with E-state index in [1.807, 2.05) is 28.0 Å². The van der Waals surface area contributed by atoms with Crippen molar-refractivity contribution in [2.24, 2.45) is 0 Å². The molecule has 11 heteroatoms. The van der Waals surface area contributed by atoms with Crippen molar-refractivity contribution in [3.63, 3.8) is 0 Å². The number of hydrogen-bond acceptors (Lipinski definition) is 9. The predicted octanol–water partition coefficient (Wildman–Crippen LogP) is 4.22. The zero-order valence-corrected chi connectivity index (χ0v) is 20.1. The van der Waals surface area contributed by atoms with E-state index in [1.54, 1.807) is 46.6 Å². The molecule has 4 rings (SSSR count). The van der Waals surface area contributed by atoms with Crippen LogP contribution in [0.15, 0.2) is 46.9 Å². The topological polar surface area (TPSA) is 96.2 Å². The second-order valence-electron chi connectivity index (χ2n) is 6.73. The maximum Gasteiger partial charge on any atom is 0.234 e. The molecule has 9 nitrogen and oxygen atoms in total. The van der Waals surface area contributed by atoms with Gasteiger partial charge < -0.3 is 24.3 Å². The van der Waals surface area contributed by atoms with E-state index in [4.69, 9.17) is 18.9 Å². The van der Waals surface area contributed by atoms with Gasteiger partial charge in [0.15, 0.2) is 5.16 Å². The Hall–Kier alpha value is -3.44. The number of nitrogens with zero attached hydrogens (tertiary/aromatic N) is 3. The van der Waals surface area contributed by atoms with Gasteiger partial charge in [0.05, 0.1) is 39.9 Å². The van der Waals surface area contributed by atoms with Crippen LogP contribution in [0.4, 0.5) is 5.69 Å². The summed E-state index contributed by atoms with van der Waals surface area (Å²) in [6.07, 6.45) is 0. The second-order valence-corrected chi connectivity index (χ2v) is 8.50. The van der Waals surface area contributed by atoms with Gasteiger partial charge in [-0.3, -0.25) is 9.20 Å². The highest BCUT2D eigenvalue weighted by molar-refractivity contribution is 7.99. The number of rotatable bonds is 9. The van der Waals surface area contributed by atoms with Gasteiger partial charge >= 0.3 is 0 Å². The van der Waals surface area contributed by atoms with E-state index in [0.717, 1.165) is 16.2 Å². The highest BCUT2D eigenvalue weighted by Crippen LogP contribution is 2.37. The smallest absolute Gasteiger partial charge is 0.234 e. The number of methoxy groups -OCH3 is 4. The van der Waals surface area contributed by atoms with Crippen LogP contribution in [0.3, 0.4) is 0 Å². The van der Waals surface area contributed by atoms with Crippen LogP contribution in [0.2, 0.25) is 0 Å². The Bertz CT molecular complexity index is 1270. The third kappa shape index (κ3) is 4.83. The molecule has 2 aromatic heterocycles. The molecule has 2 heterocycles. The lowest BCUT2D eigenvalue weighted by atomic mass is 10.1. The molecule has 0 bridgehead atoms. The summed E-state index contributed by atoms with van der Waals surface area (Å²) in [6, 6.07) is 10.8. The zero-order valence-electron chi connectivity index (χ0n) is 18.4. The number of anilines is 1.